The second kappa shape index (κ2) is 7.79. The van der Waals surface area contributed by atoms with Crippen LogP contribution in [-0.2, 0) is 16.0 Å². The number of rotatable bonds is 7. The molecule has 1 atom stereocenters. The van der Waals surface area contributed by atoms with E-state index in [9.17, 15) is 9.59 Å². The maximum absolute atomic E-state index is 11.6. The number of carbonyl (C=O) groups is 2. The number of hydrogen-bond acceptors (Lipinski definition) is 4. The monoisotopic (exact) mass is 305 g/mol. The Bertz CT molecular complexity index is 545. The van der Waals surface area contributed by atoms with E-state index in [0.717, 1.165) is 23.4 Å². The molecule has 22 heavy (non-hydrogen) atoms. The summed E-state index contributed by atoms with van der Waals surface area (Å²) in [5.74, 6) is 0.819. The summed E-state index contributed by atoms with van der Waals surface area (Å²) in [6.45, 7) is 2.80. The van der Waals surface area contributed by atoms with Gasteiger partial charge < -0.3 is 21.1 Å². The summed E-state index contributed by atoms with van der Waals surface area (Å²) in [6.07, 6.45) is 2.32. The van der Waals surface area contributed by atoms with E-state index in [0.29, 0.717) is 32.4 Å². The van der Waals surface area contributed by atoms with Crippen molar-refractivity contribution in [3.8, 4) is 5.75 Å². The van der Waals surface area contributed by atoms with Gasteiger partial charge in [-0.3, -0.25) is 9.59 Å². The highest BCUT2D eigenvalue weighted by Crippen LogP contribution is 2.26. The highest BCUT2D eigenvalue weighted by Gasteiger charge is 2.15. The number of hydrogen-bond donors (Lipinski definition) is 3. The zero-order valence-corrected chi connectivity index (χ0v) is 12.9. The molecule has 0 saturated heterocycles. The topological polar surface area (TPSA) is 93.4 Å². The molecule has 0 aliphatic carbocycles. The van der Waals surface area contributed by atoms with E-state index in [1.165, 1.54) is 0 Å². The van der Waals surface area contributed by atoms with Crippen LogP contribution in [0.2, 0.25) is 0 Å². The van der Waals surface area contributed by atoms with Crippen molar-refractivity contribution in [3.63, 3.8) is 0 Å². The summed E-state index contributed by atoms with van der Waals surface area (Å²) in [5, 5.41) is 5.65. The molecule has 0 aromatic heterocycles. The van der Waals surface area contributed by atoms with Gasteiger partial charge >= 0.3 is 0 Å². The van der Waals surface area contributed by atoms with E-state index in [1.807, 2.05) is 25.1 Å². The Morgan fingerprint density at radius 3 is 3.05 bits per heavy atom. The number of amides is 2. The molecule has 0 fully saturated rings. The Hall–Kier alpha value is -2.08. The molecule has 0 bridgehead atoms. The Kier molecular flexibility index (Phi) is 5.77. The van der Waals surface area contributed by atoms with Crippen molar-refractivity contribution in [1.29, 1.82) is 0 Å². The first-order chi connectivity index (χ1) is 10.6. The number of ether oxygens (including phenoxy) is 1. The molecule has 6 heteroatoms. The molecular formula is C16H23N3O3. The van der Waals surface area contributed by atoms with Gasteiger partial charge in [-0.25, -0.2) is 0 Å². The lowest BCUT2D eigenvalue weighted by Gasteiger charge is -2.17. The molecule has 0 spiro atoms. The molecule has 0 unspecified atom stereocenters. The standard InChI is InChI=1S/C16H23N3O3/c1-11(10-17)18-15(20)3-2-8-22-13-5-6-14-12(9-13)4-7-16(21)19-14/h5-6,9,11H,2-4,7-8,10,17H2,1H3,(H,18,20)(H,19,21)/t11-/m0/s1. The van der Waals surface area contributed by atoms with Crippen molar-refractivity contribution < 1.29 is 14.3 Å². The van der Waals surface area contributed by atoms with Gasteiger partial charge in [-0.1, -0.05) is 0 Å². The lowest BCUT2D eigenvalue weighted by atomic mass is 10.0. The fraction of sp³-hybridized carbons (Fsp3) is 0.500. The van der Waals surface area contributed by atoms with Crippen LogP contribution in [0.25, 0.3) is 0 Å². The second-order valence-corrected chi connectivity index (χ2v) is 5.52. The Labute approximate surface area is 130 Å². The van der Waals surface area contributed by atoms with Gasteiger partial charge in [0.2, 0.25) is 11.8 Å². The number of nitrogens with two attached hydrogens (primary N) is 1. The number of anilines is 1. The fourth-order valence-corrected chi connectivity index (χ4v) is 2.28. The van der Waals surface area contributed by atoms with E-state index < -0.39 is 0 Å². The first-order valence-corrected chi connectivity index (χ1v) is 7.63. The molecule has 4 N–H and O–H groups in total. The average molecular weight is 305 g/mol. The van der Waals surface area contributed by atoms with Crippen LogP contribution in [0.3, 0.4) is 0 Å². The van der Waals surface area contributed by atoms with Crippen molar-refractivity contribution in [2.45, 2.75) is 38.6 Å². The summed E-state index contributed by atoms with van der Waals surface area (Å²) in [5.41, 5.74) is 7.40. The van der Waals surface area contributed by atoms with Gasteiger partial charge in [-0.2, -0.15) is 0 Å². The normalized spacial score (nSPS) is 14.7. The molecule has 6 nitrogen and oxygen atoms in total. The first kappa shape index (κ1) is 16.3. The number of aryl methyl sites for hydroxylation is 1. The molecule has 1 aromatic rings. The minimum atomic E-state index is -0.00490. The van der Waals surface area contributed by atoms with Gasteiger partial charge in [0.15, 0.2) is 0 Å². The third-order valence-corrected chi connectivity index (χ3v) is 3.55. The molecule has 0 radical (unpaired) electrons. The van der Waals surface area contributed by atoms with Crippen molar-refractivity contribution >= 4 is 17.5 Å². The van der Waals surface area contributed by atoms with Gasteiger partial charge in [-0.15, -0.1) is 0 Å². The van der Waals surface area contributed by atoms with Gasteiger partial charge in [0.05, 0.1) is 6.61 Å². The van der Waals surface area contributed by atoms with Crippen LogP contribution in [0.15, 0.2) is 18.2 Å². The number of benzene rings is 1. The summed E-state index contributed by atoms with van der Waals surface area (Å²) >= 11 is 0. The molecule has 1 aliphatic heterocycles. The number of fused-ring (bicyclic) bond motifs is 1. The highest BCUT2D eigenvalue weighted by atomic mass is 16.5. The van der Waals surface area contributed by atoms with Crippen LogP contribution in [0.5, 0.6) is 5.75 Å². The van der Waals surface area contributed by atoms with Crippen LogP contribution in [0.4, 0.5) is 5.69 Å². The number of carbonyl (C=O) groups excluding carboxylic acids is 2. The molecule has 1 heterocycles. The lowest BCUT2D eigenvalue weighted by molar-refractivity contribution is -0.121. The van der Waals surface area contributed by atoms with Crippen LogP contribution < -0.4 is 21.1 Å². The Morgan fingerprint density at radius 1 is 1.45 bits per heavy atom. The van der Waals surface area contributed by atoms with Gasteiger partial charge in [-0.05, 0) is 43.5 Å². The molecule has 2 rings (SSSR count). The molecule has 2 amide bonds. The Morgan fingerprint density at radius 2 is 2.27 bits per heavy atom. The lowest BCUT2D eigenvalue weighted by Crippen LogP contribution is -2.37. The average Bonchev–Trinajstić information content (AvgIpc) is 2.51. The zero-order valence-electron chi connectivity index (χ0n) is 12.9. The van der Waals surface area contributed by atoms with Crippen LogP contribution >= 0.6 is 0 Å². The maximum Gasteiger partial charge on any atom is 0.224 e. The van der Waals surface area contributed by atoms with Crippen molar-refractivity contribution in [2.75, 3.05) is 18.5 Å². The number of nitrogens with one attached hydrogen (secondary N) is 2. The second-order valence-electron chi connectivity index (χ2n) is 5.52. The summed E-state index contributed by atoms with van der Waals surface area (Å²) < 4.78 is 5.66. The van der Waals surface area contributed by atoms with Crippen LogP contribution in [0, 0.1) is 0 Å². The highest BCUT2D eigenvalue weighted by molar-refractivity contribution is 5.94. The molecule has 1 aromatic carbocycles. The fourth-order valence-electron chi connectivity index (χ4n) is 2.28. The smallest absolute Gasteiger partial charge is 0.224 e. The third kappa shape index (κ3) is 4.73. The van der Waals surface area contributed by atoms with E-state index in [-0.39, 0.29) is 17.9 Å². The maximum atomic E-state index is 11.6. The molecule has 0 saturated carbocycles. The third-order valence-electron chi connectivity index (χ3n) is 3.55. The van der Waals surface area contributed by atoms with Crippen LogP contribution in [0.1, 0.15) is 31.7 Å². The predicted molar refractivity (Wildman–Crippen MR) is 84.8 cm³/mol. The van der Waals surface area contributed by atoms with Gasteiger partial charge in [0.25, 0.3) is 0 Å². The van der Waals surface area contributed by atoms with Gasteiger partial charge in [0.1, 0.15) is 5.75 Å². The molecular weight excluding hydrogens is 282 g/mol. The Balaban J connectivity index is 1.74. The minimum Gasteiger partial charge on any atom is -0.494 e. The summed E-state index contributed by atoms with van der Waals surface area (Å²) in [4.78, 5) is 22.9. The summed E-state index contributed by atoms with van der Waals surface area (Å²) in [6, 6.07) is 5.65. The van der Waals surface area contributed by atoms with Crippen molar-refractivity contribution in [2.24, 2.45) is 5.73 Å². The van der Waals surface area contributed by atoms with E-state index in [2.05, 4.69) is 10.6 Å². The molecule has 1 aliphatic rings. The van der Waals surface area contributed by atoms with Crippen molar-refractivity contribution in [3.05, 3.63) is 23.8 Å². The van der Waals surface area contributed by atoms with Gasteiger partial charge in [0, 0.05) is 31.1 Å². The van der Waals surface area contributed by atoms with E-state index in [1.54, 1.807) is 0 Å². The van der Waals surface area contributed by atoms with Crippen LogP contribution in [-0.4, -0.2) is 31.0 Å². The molecule has 120 valence electrons. The summed E-state index contributed by atoms with van der Waals surface area (Å²) in [7, 11) is 0. The zero-order chi connectivity index (χ0) is 15.9. The van der Waals surface area contributed by atoms with Crippen molar-refractivity contribution in [1.82, 2.24) is 5.32 Å². The largest absolute Gasteiger partial charge is 0.494 e. The SMILES string of the molecule is C[C@@H](CN)NC(=O)CCCOc1ccc2c(c1)CCC(=O)N2. The minimum absolute atomic E-state index is 0.00396. The first-order valence-electron chi connectivity index (χ1n) is 7.63. The van der Waals surface area contributed by atoms with E-state index >= 15 is 0 Å². The predicted octanol–water partition coefficient (Wildman–Crippen LogP) is 1.19. The quantitative estimate of drug-likeness (QED) is 0.660. The van der Waals surface area contributed by atoms with E-state index in [4.69, 9.17) is 10.5 Å².